The van der Waals surface area contributed by atoms with Crippen LogP contribution < -0.4 is 5.32 Å². The van der Waals surface area contributed by atoms with Crippen molar-refractivity contribution in [2.45, 2.75) is 51.7 Å². The molecule has 1 aromatic rings. The van der Waals surface area contributed by atoms with E-state index in [-0.39, 0.29) is 18.0 Å². The quantitative estimate of drug-likeness (QED) is 0.928. The summed E-state index contributed by atoms with van der Waals surface area (Å²) in [6.45, 7) is 6.74. The molecule has 2 heterocycles. The van der Waals surface area contributed by atoms with E-state index >= 15 is 0 Å². The predicted molar refractivity (Wildman–Crippen MR) is 87.2 cm³/mol. The number of likely N-dealkylation sites (tertiary alicyclic amines) is 1. The zero-order chi connectivity index (χ0) is 16.2. The highest BCUT2D eigenvalue weighted by molar-refractivity contribution is 7.08. The molecule has 0 aromatic carbocycles. The van der Waals surface area contributed by atoms with E-state index in [2.05, 4.69) is 5.32 Å². The van der Waals surface area contributed by atoms with E-state index in [4.69, 9.17) is 4.74 Å². The zero-order valence-corrected chi connectivity index (χ0v) is 14.2. The molecule has 1 aromatic heterocycles. The van der Waals surface area contributed by atoms with Crippen LogP contribution in [0.5, 0.6) is 0 Å². The number of carbonyl (C=O) groups is 2. The van der Waals surface area contributed by atoms with Gasteiger partial charge in [-0.3, -0.25) is 4.79 Å². The number of nitrogens with one attached hydrogen (secondary N) is 1. The second-order valence-electron chi connectivity index (χ2n) is 6.55. The summed E-state index contributed by atoms with van der Waals surface area (Å²) >= 11 is 1.50. The van der Waals surface area contributed by atoms with Crippen molar-refractivity contribution in [1.29, 1.82) is 0 Å². The Labute approximate surface area is 135 Å². The number of nitrogens with zero attached hydrogens (tertiary/aromatic N) is 1. The van der Waals surface area contributed by atoms with E-state index in [9.17, 15) is 9.59 Å². The first-order valence-corrected chi connectivity index (χ1v) is 8.61. The normalized spacial score (nSPS) is 18.9. The molecule has 1 aliphatic rings. The number of thiophene rings is 1. The van der Waals surface area contributed by atoms with Crippen molar-refractivity contribution < 1.29 is 14.3 Å². The maximum atomic E-state index is 12.3. The highest BCUT2D eigenvalue weighted by Gasteiger charge is 2.30. The van der Waals surface area contributed by atoms with Gasteiger partial charge in [0.25, 0.3) is 5.91 Å². The van der Waals surface area contributed by atoms with Crippen molar-refractivity contribution in [1.82, 2.24) is 10.2 Å². The molecule has 0 spiro atoms. The lowest BCUT2D eigenvalue weighted by Gasteiger charge is -2.36. The largest absolute Gasteiger partial charge is 0.444 e. The minimum absolute atomic E-state index is 0.00573. The number of hydrogen-bond acceptors (Lipinski definition) is 4. The third-order valence-corrected chi connectivity index (χ3v) is 4.22. The Balaban J connectivity index is 1.92. The number of ether oxygens (including phenoxy) is 1. The van der Waals surface area contributed by atoms with Crippen LogP contribution in [-0.4, -0.2) is 41.6 Å². The van der Waals surface area contributed by atoms with Gasteiger partial charge in [-0.25, -0.2) is 4.79 Å². The summed E-state index contributed by atoms with van der Waals surface area (Å²) in [6, 6.07) is 1.80. The Morgan fingerprint density at radius 2 is 2.18 bits per heavy atom. The summed E-state index contributed by atoms with van der Waals surface area (Å²) in [5.41, 5.74) is 0.170. The van der Waals surface area contributed by atoms with E-state index < -0.39 is 5.60 Å². The van der Waals surface area contributed by atoms with Crippen LogP contribution >= 0.6 is 11.3 Å². The molecule has 1 unspecified atom stereocenters. The van der Waals surface area contributed by atoms with E-state index in [0.717, 1.165) is 19.3 Å². The number of rotatable bonds is 3. The fourth-order valence-electron chi connectivity index (χ4n) is 2.48. The van der Waals surface area contributed by atoms with Crippen molar-refractivity contribution in [3.05, 3.63) is 22.4 Å². The van der Waals surface area contributed by atoms with Gasteiger partial charge in [0.2, 0.25) is 0 Å². The fraction of sp³-hybridized carbons (Fsp3) is 0.625. The third kappa shape index (κ3) is 4.73. The average Bonchev–Trinajstić information content (AvgIpc) is 2.97. The molecule has 0 radical (unpaired) electrons. The van der Waals surface area contributed by atoms with Crippen LogP contribution in [0.1, 0.15) is 50.4 Å². The molecule has 6 heteroatoms. The lowest BCUT2D eigenvalue weighted by Crippen LogP contribution is -2.50. The number of hydrogen-bond donors (Lipinski definition) is 1. The first-order valence-electron chi connectivity index (χ1n) is 7.67. The molecule has 1 N–H and O–H groups in total. The molecule has 122 valence electrons. The molecular weight excluding hydrogens is 300 g/mol. The molecule has 5 nitrogen and oxygen atoms in total. The molecule has 1 aliphatic heterocycles. The highest BCUT2D eigenvalue weighted by atomic mass is 32.1. The van der Waals surface area contributed by atoms with Crippen LogP contribution in [0, 0.1) is 0 Å². The molecule has 1 fully saturated rings. The van der Waals surface area contributed by atoms with E-state index in [1.165, 1.54) is 11.3 Å². The SMILES string of the molecule is CC(C)(C)OC(=O)N1CCCCC1CNC(=O)c1ccsc1. The molecule has 2 amide bonds. The summed E-state index contributed by atoms with van der Waals surface area (Å²) in [5, 5.41) is 6.62. The van der Waals surface area contributed by atoms with Crippen LogP contribution in [-0.2, 0) is 4.74 Å². The molecule has 2 rings (SSSR count). The Bertz CT molecular complexity index is 508. The highest BCUT2D eigenvalue weighted by Crippen LogP contribution is 2.20. The van der Waals surface area contributed by atoms with E-state index in [1.807, 2.05) is 31.5 Å². The Kier molecular flexibility index (Phi) is 5.45. The van der Waals surface area contributed by atoms with Crippen LogP contribution in [0.4, 0.5) is 4.79 Å². The third-order valence-electron chi connectivity index (χ3n) is 3.54. The van der Waals surface area contributed by atoms with Crippen LogP contribution in [0.3, 0.4) is 0 Å². The molecule has 22 heavy (non-hydrogen) atoms. The Morgan fingerprint density at radius 3 is 2.82 bits per heavy atom. The second-order valence-corrected chi connectivity index (χ2v) is 7.33. The second kappa shape index (κ2) is 7.13. The van der Waals surface area contributed by atoms with E-state index in [0.29, 0.717) is 18.7 Å². The van der Waals surface area contributed by atoms with Crippen molar-refractivity contribution in [3.8, 4) is 0 Å². The predicted octanol–water partition coefficient (Wildman–Crippen LogP) is 3.27. The lowest BCUT2D eigenvalue weighted by molar-refractivity contribution is 0.00986. The summed E-state index contributed by atoms with van der Waals surface area (Å²) in [7, 11) is 0. The average molecular weight is 324 g/mol. The van der Waals surface area contributed by atoms with Gasteiger partial charge in [-0.2, -0.15) is 11.3 Å². The lowest BCUT2D eigenvalue weighted by atomic mass is 10.0. The van der Waals surface area contributed by atoms with Gasteiger partial charge in [-0.15, -0.1) is 0 Å². The molecule has 0 aliphatic carbocycles. The van der Waals surface area contributed by atoms with Gasteiger partial charge in [-0.1, -0.05) is 0 Å². The van der Waals surface area contributed by atoms with Gasteiger partial charge in [-0.05, 0) is 51.5 Å². The Hall–Kier alpha value is -1.56. The number of carbonyl (C=O) groups excluding carboxylic acids is 2. The number of amides is 2. The van der Waals surface area contributed by atoms with Gasteiger partial charge >= 0.3 is 6.09 Å². The van der Waals surface area contributed by atoms with Crippen molar-refractivity contribution in [3.63, 3.8) is 0 Å². The molecule has 0 saturated carbocycles. The van der Waals surface area contributed by atoms with E-state index in [1.54, 1.807) is 11.0 Å². The van der Waals surface area contributed by atoms with Gasteiger partial charge in [0, 0.05) is 24.0 Å². The Morgan fingerprint density at radius 1 is 1.41 bits per heavy atom. The molecule has 1 saturated heterocycles. The zero-order valence-electron chi connectivity index (χ0n) is 13.4. The van der Waals surface area contributed by atoms with Gasteiger partial charge < -0.3 is 15.0 Å². The van der Waals surface area contributed by atoms with Gasteiger partial charge in [0.1, 0.15) is 5.60 Å². The standard InChI is InChI=1S/C16H24N2O3S/c1-16(2,3)21-15(20)18-8-5-4-6-13(18)10-17-14(19)12-7-9-22-11-12/h7,9,11,13H,4-6,8,10H2,1-3H3,(H,17,19). The number of piperidine rings is 1. The van der Waals surface area contributed by atoms with Crippen molar-refractivity contribution in [2.24, 2.45) is 0 Å². The summed E-state index contributed by atoms with van der Waals surface area (Å²) < 4.78 is 5.46. The first-order chi connectivity index (χ1) is 10.4. The van der Waals surface area contributed by atoms with Crippen LogP contribution in [0.25, 0.3) is 0 Å². The molecule has 0 bridgehead atoms. The van der Waals surface area contributed by atoms with Crippen molar-refractivity contribution in [2.75, 3.05) is 13.1 Å². The maximum absolute atomic E-state index is 12.3. The smallest absolute Gasteiger partial charge is 0.410 e. The summed E-state index contributed by atoms with van der Waals surface area (Å²) in [4.78, 5) is 26.1. The molecular formula is C16H24N2O3S. The first kappa shape index (κ1) is 16.8. The molecule has 1 atom stereocenters. The van der Waals surface area contributed by atoms with Gasteiger partial charge in [0.15, 0.2) is 0 Å². The van der Waals surface area contributed by atoms with Crippen LogP contribution in [0.15, 0.2) is 16.8 Å². The minimum Gasteiger partial charge on any atom is -0.444 e. The van der Waals surface area contributed by atoms with Crippen molar-refractivity contribution >= 4 is 23.3 Å². The maximum Gasteiger partial charge on any atom is 0.410 e. The summed E-state index contributed by atoms with van der Waals surface area (Å²) in [6.07, 6.45) is 2.65. The van der Waals surface area contributed by atoms with Gasteiger partial charge in [0.05, 0.1) is 6.04 Å². The van der Waals surface area contributed by atoms with Crippen LogP contribution in [0.2, 0.25) is 0 Å². The minimum atomic E-state index is -0.501. The summed E-state index contributed by atoms with van der Waals surface area (Å²) in [5.74, 6) is -0.0871. The fourth-order valence-corrected chi connectivity index (χ4v) is 3.12. The monoisotopic (exact) mass is 324 g/mol. The topological polar surface area (TPSA) is 58.6 Å².